The molecule has 1 unspecified atom stereocenters. The fraction of sp³-hybridized carbons (Fsp3) is 0.316. The molecule has 7 heteroatoms. The van der Waals surface area contributed by atoms with E-state index in [1.165, 1.54) is 6.07 Å². The average Bonchev–Trinajstić information content (AvgIpc) is 3.16. The highest BCUT2D eigenvalue weighted by Gasteiger charge is 2.24. The topological polar surface area (TPSA) is 58.9 Å². The molecule has 0 amide bonds. The zero-order valence-corrected chi connectivity index (χ0v) is 14.4. The third-order valence-electron chi connectivity index (χ3n) is 4.75. The van der Waals surface area contributed by atoms with Gasteiger partial charge in [-0.1, -0.05) is 30.3 Å². The fourth-order valence-corrected chi connectivity index (χ4v) is 3.43. The summed E-state index contributed by atoms with van der Waals surface area (Å²) in [5, 5.41) is 15.5. The maximum absolute atomic E-state index is 13.6. The average molecular weight is 352 g/mol. The van der Waals surface area contributed by atoms with Gasteiger partial charge in [0, 0.05) is 38.6 Å². The highest BCUT2D eigenvalue weighted by Crippen LogP contribution is 2.23. The van der Waals surface area contributed by atoms with Gasteiger partial charge in [0.1, 0.15) is 5.82 Å². The van der Waals surface area contributed by atoms with Crippen LogP contribution in [0.4, 0.5) is 4.39 Å². The summed E-state index contributed by atoms with van der Waals surface area (Å²) in [7, 11) is 0. The van der Waals surface area contributed by atoms with Crippen molar-refractivity contribution in [2.45, 2.75) is 12.5 Å². The van der Waals surface area contributed by atoms with Gasteiger partial charge in [-0.25, -0.2) is 4.39 Å². The third kappa shape index (κ3) is 3.63. The van der Waals surface area contributed by atoms with E-state index in [0.29, 0.717) is 0 Å². The Balaban J connectivity index is 1.49. The van der Waals surface area contributed by atoms with Crippen molar-refractivity contribution in [3.05, 3.63) is 71.8 Å². The Morgan fingerprint density at radius 3 is 2.85 bits per heavy atom. The van der Waals surface area contributed by atoms with Crippen molar-refractivity contribution in [2.75, 3.05) is 26.2 Å². The first-order valence-electron chi connectivity index (χ1n) is 8.84. The Bertz CT molecular complexity index is 850. The number of benzene rings is 2. The molecule has 6 nitrogen and oxygen atoms in total. The van der Waals surface area contributed by atoms with Gasteiger partial charge >= 0.3 is 0 Å². The van der Waals surface area contributed by atoms with Crippen LogP contribution in [0, 0.1) is 5.82 Å². The normalized spacial score (nSPS) is 18.1. The molecule has 4 rings (SSSR count). The number of nitrogens with one attached hydrogen (secondary N) is 1. The number of halogens is 1. The van der Waals surface area contributed by atoms with Gasteiger partial charge in [-0.15, -0.1) is 5.10 Å². The zero-order valence-electron chi connectivity index (χ0n) is 14.4. The highest BCUT2D eigenvalue weighted by molar-refractivity contribution is 5.30. The Morgan fingerprint density at radius 2 is 2.00 bits per heavy atom. The van der Waals surface area contributed by atoms with Crippen molar-refractivity contribution < 1.29 is 4.39 Å². The van der Waals surface area contributed by atoms with E-state index < -0.39 is 0 Å². The van der Waals surface area contributed by atoms with E-state index in [4.69, 9.17) is 0 Å². The molecule has 0 spiro atoms. The largest absolute Gasteiger partial charge is 0.314 e. The molecule has 1 atom stereocenters. The van der Waals surface area contributed by atoms with Crippen LogP contribution in [-0.2, 0) is 6.42 Å². The SMILES string of the molecule is Fc1cccc(C2CNCCN2CCc2nnnn2-c2ccccc2)c1. The molecule has 2 heterocycles. The van der Waals surface area contributed by atoms with Crippen LogP contribution in [0.1, 0.15) is 17.4 Å². The second-order valence-electron chi connectivity index (χ2n) is 6.40. The molecule has 0 aliphatic carbocycles. The van der Waals surface area contributed by atoms with Gasteiger partial charge in [-0.3, -0.25) is 4.90 Å². The molecule has 26 heavy (non-hydrogen) atoms. The Kier molecular flexibility index (Phi) is 4.99. The molecule has 134 valence electrons. The van der Waals surface area contributed by atoms with E-state index in [1.807, 2.05) is 36.4 Å². The first-order chi connectivity index (χ1) is 12.8. The maximum atomic E-state index is 13.6. The molecule has 3 aromatic rings. The number of rotatable bonds is 5. The smallest absolute Gasteiger partial charge is 0.157 e. The molecule has 1 saturated heterocycles. The minimum atomic E-state index is -0.193. The number of aromatic nitrogens is 4. The zero-order chi connectivity index (χ0) is 17.8. The summed E-state index contributed by atoms with van der Waals surface area (Å²) in [5.41, 5.74) is 1.95. The van der Waals surface area contributed by atoms with E-state index in [-0.39, 0.29) is 11.9 Å². The van der Waals surface area contributed by atoms with Crippen LogP contribution in [0.5, 0.6) is 0 Å². The standard InChI is InChI=1S/C19H21FN6/c20-16-6-4-5-15(13-16)18-14-21-10-12-25(18)11-9-19-22-23-24-26(19)17-7-2-1-3-8-17/h1-8,13,18,21H,9-12,14H2. The van der Waals surface area contributed by atoms with Crippen LogP contribution in [-0.4, -0.2) is 51.3 Å². The molecule has 0 bridgehead atoms. The van der Waals surface area contributed by atoms with Crippen molar-refractivity contribution in [1.29, 1.82) is 0 Å². The lowest BCUT2D eigenvalue weighted by atomic mass is 10.0. The molecule has 1 aromatic heterocycles. The van der Waals surface area contributed by atoms with Crippen LogP contribution in [0.15, 0.2) is 54.6 Å². The second kappa shape index (κ2) is 7.72. The van der Waals surface area contributed by atoms with Gasteiger partial charge in [-0.05, 0) is 40.3 Å². The van der Waals surface area contributed by atoms with E-state index in [2.05, 4.69) is 25.7 Å². The summed E-state index contributed by atoms with van der Waals surface area (Å²) < 4.78 is 15.4. The molecule has 0 saturated carbocycles. The third-order valence-corrected chi connectivity index (χ3v) is 4.75. The lowest BCUT2D eigenvalue weighted by molar-refractivity contribution is 0.162. The lowest BCUT2D eigenvalue weighted by Crippen LogP contribution is -2.46. The summed E-state index contributed by atoms with van der Waals surface area (Å²) in [6.07, 6.45) is 0.730. The van der Waals surface area contributed by atoms with Gasteiger partial charge in [0.15, 0.2) is 5.82 Å². The van der Waals surface area contributed by atoms with Crippen molar-refractivity contribution in [2.24, 2.45) is 0 Å². The second-order valence-corrected chi connectivity index (χ2v) is 6.40. The molecule has 0 radical (unpaired) electrons. The number of piperazine rings is 1. The minimum absolute atomic E-state index is 0.153. The van der Waals surface area contributed by atoms with Crippen LogP contribution in [0.25, 0.3) is 5.69 Å². The van der Waals surface area contributed by atoms with E-state index >= 15 is 0 Å². The van der Waals surface area contributed by atoms with Gasteiger partial charge in [0.05, 0.1) is 5.69 Å². The van der Waals surface area contributed by atoms with Crippen LogP contribution >= 0.6 is 0 Å². The van der Waals surface area contributed by atoms with E-state index in [0.717, 1.165) is 49.7 Å². The quantitative estimate of drug-likeness (QED) is 0.761. The number of hydrogen-bond acceptors (Lipinski definition) is 5. The number of para-hydroxylation sites is 1. The Labute approximate surface area is 151 Å². The van der Waals surface area contributed by atoms with Gasteiger partial charge in [0.2, 0.25) is 0 Å². The predicted octanol–water partition coefficient (Wildman–Crippen LogP) is 1.99. The van der Waals surface area contributed by atoms with Crippen molar-refractivity contribution >= 4 is 0 Å². The van der Waals surface area contributed by atoms with Gasteiger partial charge in [-0.2, -0.15) is 4.68 Å². The molecule has 1 aliphatic heterocycles. The van der Waals surface area contributed by atoms with Crippen LogP contribution in [0.3, 0.4) is 0 Å². The van der Waals surface area contributed by atoms with Crippen LogP contribution < -0.4 is 5.32 Å². The monoisotopic (exact) mass is 352 g/mol. The first kappa shape index (κ1) is 16.8. The van der Waals surface area contributed by atoms with Crippen molar-refractivity contribution in [3.63, 3.8) is 0 Å². The molecular formula is C19H21FN6. The summed E-state index contributed by atoms with van der Waals surface area (Å²) in [6.45, 7) is 3.46. The molecule has 1 fully saturated rings. The number of tetrazole rings is 1. The summed E-state index contributed by atoms with van der Waals surface area (Å²) in [5.74, 6) is 0.633. The Morgan fingerprint density at radius 1 is 1.12 bits per heavy atom. The first-order valence-corrected chi connectivity index (χ1v) is 8.84. The summed E-state index contributed by atoms with van der Waals surface area (Å²) in [4.78, 5) is 2.37. The summed E-state index contributed by atoms with van der Waals surface area (Å²) in [6, 6.07) is 16.9. The van der Waals surface area contributed by atoms with Crippen molar-refractivity contribution in [1.82, 2.24) is 30.4 Å². The molecule has 1 aliphatic rings. The predicted molar refractivity (Wildman–Crippen MR) is 96.4 cm³/mol. The maximum Gasteiger partial charge on any atom is 0.157 e. The molecule has 1 N–H and O–H groups in total. The van der Waals surface area contributed by atoms with Crippen LogP contribution in [0.2, 0.25) is 0 Å². The molecular weight excluding hydrogens is 331 g/mol. The van der Waals surface area contributed by atoms with E-state index in [1.54, 1.807) is 16.8 Å². The Hall–Kier alpha value is -2.64. The molecule has 2 aromatic carbocycles. The lowest BCUT2D eigenvalue weighted by Gasteiger charge is -2.36. The van der Waals surface area contributed by atoms with E-state index in [9.17, 15) is 4.39 Å². The highest BCUT2D eigenvalue weighted by atomic mass is 19.1. The number of hydrogen-bond donors (Lipinski definition) is 1. The van der Waals surface area contributed by atoms with Gasteiger partial charge in [0.25, 0.3) is 0 Å². The van der Waals surface area contributed by atoms with Gasteiger partial charge < -0.3 is 5.32 Å². The van der Waals surface area contributed by atoms with Crippen molar-refractivity contribution in [3.8, 4) is 5.69 Å². The summed E-state index contributed by atoms with van der Waals surface area (Å²) >= 11 is 0. The minimum Gasteiger partial charge on any atom is -0.314 e. The fourth-order valence-electron chi connectivity index (χ4n) is 3.43. The number of nitrogens with zero attached hydrogens (tertiary/aromatic N) is 5.